The molecule has 74 valence electrons. The van der Waals surface area contributed by atoms with Crippen LogP contribution in [-0.4, -0.2) is 4.98 Å². The Kier molecular flexibility index (Phi) is 4.43. The first-order valence-electron chi connectivity index (χ1n) is 5.12. The molecule has 1 heterocycles. The van der Waals surface area contributed by atoms with Crippen molar-refractivity contribution in [2.24, 2.45) is 11.8 Å². The van der Waals surface area contributed by atoms with E-state index in [-0.39, 0.29) is 0 Å². The molecule has 1 rings (SSSR count). The van der Waals surface area contributed by atoms with Gasteiger partial charge in [0.2, 0.25) is 0 Å². The lowest BCUT2D eigenvalue weighted by molar-refractivity contribution is 0.349. The van der Waals surface area contributed by atoms with Gasteiger partial charge in [-0.25, -0.2) is 4.98 Å². The van der Waals surface area contributed by atoms with Crippen LogP contribution in [-0.2, 0) is 6.42 Å². The summed E-state index contributed by atoms with van der Waals surface area (Å²) < 4.78 is 0. The molecule has 1 aromatic rings. The molecule has 1 unspecified atom stereocenters. The van der Waals surface area contributed by atoms with Crippen LogP contribution in [0.5, 0.6) is 0 Å². The first-order chi connectivity index (χ1) is 6.24. The highest BCUT2D eigenvalue weighted by molar-refractivity contribution is 7.09. The van der Waals surface area contributed by atoms with E-state index in [0.717, 1.165) is 18.3 Å². The van der Waals surface area contributed by atoms with E-state index in [1.54, 1.807) is 11.3 Å². The van der Waals surface area contributed by atoms with Crippen molar-refractivity contribution in [3.05, 3.63) is 16.6 Å². The molecule has 0 bridgehead atoms. The average Bonchev–Trinajstić information content (AvgIpc) is 2.57. The molecule has 0 aliphatic carbocycles. The number of thiazole rings is 1. The zero-order valence-corrected chi connectivity index (χ0v) is 9.60. The van der Waals surface area contributed by atoms with Gasteiger partial charge in [-0.05, 0) is 24.7 Å². The van der Waals surface area contributed by atoms with Crippen molar-refractivity contribution < 1.29 is 0 Å². The molecule has 1 nitrogen and oxygen atoms in total. The van der Waals surface area contributed by atoms with Gasteiger partial charge in [-0.15, -0.1) is 11.3 Å². The Morgan fingerprint density at radius 1 is 1.46 bits per heavy atom. The van der Waals surface area contributed by atoms with E-state index in [9.17, 15) is 0 Å². The third kappa shape index (κ3) is 3.47. The smallest absolute Gasteiger partial charge is 0.0924 e. The highest BCUT2D eigenvalue weighted by Crippen LogP contribution is 2.21. The number of rotatable bonds is 5. The van der Waals surface area contributed by atoms with Crippen LogP contribution in [0.25, 0.3) is 0 Å². The van der Waals surface area contributed by atoms with Gasteiger partial charge >= 0.3 is 0 Å². The number of nitrogens with zero attached hydrogens (tertiary/aromatic N) is 1. The standard InChI is InChI=1S/C11H19NS/c1-4-10(9(2)3)5-6-11-12-7-8-13-11/h7-10H,4-6H2,1-3H3. The molecule has 0 N–H and O–H groups in total. The molecule has 0 aliphatic rings. The monoisotopic (exact) mass is 197 g/mol. The molecule has 2 heteroatoms. The average molecular weight is 197 g/mol. The van der Waals surface area contributed by atoms with Gasteiger partial charge in [-0.1, -0.05) is 27.2 Å². The van der Waals surface area contributed by atoms with Crippen LogP contribution in [0.2, 0.25) is 0 Å². The summed E-state index contributed by atoms with van der Waals surface area (Å²) in [5.41, 5.74) is 0. The van der Waals surface area contributed by atoms with Crippen molar-refractivity contribution in [1.82, 2.24) is 4.98 Å². The Labute approximate surface area is 85.2 Å². The van der Waals surface area contributed by atoms with Gasteiger partial charge in [-0.2, -0.15) is 0 Å². The van der Waals surface area contributed by atoms with Gasteiger partial charge < -0.3 is 0 Å². The number of hydrogen-bond acceptors (Lipinski definition) is 2. The second-order valence-electron chi connectivity index (χ2n) is 3.88. The Morgan fingerprint density at radius 2 is 2.23 bits per heavy atom. The minimum atomic E-state index is 0.810. The van der Waals surface area contributed by atoms with Gasteiger partial charge in [-0.3, -0.25) is 0 Å². The third-order valence-corrected chi connectivity index (χ3v) is 3.52. The lowest BCUT2D eigenvalue weighted by atomic mass is 9.89. The normalized spacial score (nSPS) is 13.5. The topological polar surface area (TPSA) is 12.9 Å². The molecular weight excluding hydrogens is 178 g/mol. The van der Waals surface area contributed by atoms with E-state index in [4.69, 9.17) is 0 Å². The maximum atomic E-state index is 4.30. The molecule has 1 aromatic heterocycles. The Bertz CT molecular complexity index is 216. The summed E-state index contributed by atoms with van der Waals surface area (Å²) >= 11 is 1.78. The van der Waals surface area contributed by atoms with Crippen molar-refractivity contribution in [3.8, 4) is 0 Å². The van der Waals surface area contributed by atoms with Crippen LogP contribution in [0.3, 0.4) is 0 Å². The van der Waals surface area contributed by atoms with Crippen LogP contribution in [0.15, 0.2) is 11.6 Å². The lowest BCUT2D eigenvalue weighted by Gasteiger charge is -2.17. The summed E-state index contributed by atoms with van der Waals surface area (Å²) in [7, 11) is 0. The van der Waals surface area contributed by atoms with Crippen LogP contribution < -0.4 is 0 Å². The second kappa shape index (κ2) is 5.38. The van der Waals surface area contributed by atoms with E-state index in [1.165, 1.54) is 17.8 Å². The zero-order valence-electron chi connectivity index (χ0n) is 8.79. The maximum absolute atomic E-state index is 4.30. The summed E-state index contributed by atoms with van der Waals surface area (Å²) in [6.45, 7) is 6.92. The predicted octanol–water partition coefficient (Wildman–Crippen LogP) is 3.76. The van der Waals surface area contributed by atoms with Crippen molar-refractivity contribution in [2.45, 2.75) is 40.0 Å². The van der Waals surface area contributed by atoms with Crippen LogP contribution in [0, 0.1) is 11.8 Å². The first-order valence-corrected chi connectivity index (χ1v) is 6.00. The second-order valence-corrected chi connectivity index (χ2v) is 4.86. The molecule has 13 heavy (non-hydrogen) atoms. The van der Waals surface area contributed by atoms with Gasteiger partial charge in [0.15, 0.2) is 0 Å². The molecule has 0 amide bonds. The largest absolute Gasteiger partial charge is 0.250 e. The zero-order chi connectivity index (χ0) is 9.68. The molecule has 0 aromatic carbocycles. The van der Waals surface area contributed by atoms with Crippen molar-refractivity contribution in [3.63, 3.8) is 0 Å². The fraction of sp³-hybridized carbons (Fsp3) is 0.727. The van der Waals surface area contributed by atoms with E-state index in [2.05, 4.69) is 31.1 Å². The van der Waals surface area contributed by atoms with E-state index in [0.29, 0.717) is 0 Å². The van der Waals surface area contributed by atoms with E-state index < -0.39 is 0 Å². The Morgan fingerprint density at radius 3 is 2.69 bits per heavy atom. The van der Waals surface area contributed by atoms with Crippen LogP contribution in [0.1, 0.15) is 38.6 Å². The molecule has 0 saturated carbocycles. The fourth-order valence-corrected chi connectivity index (χ4v) is 2.33. The first kappa shape index (κ1) is 10.7. The molecule has 1 atom stereocenters. The van der Waals surface area contributed by atoms with Gasteiger partial charge in [0.05, 0.1) is 5.01 Å². The summed E-state index contributed by atoms with van der Waals surface area (Å²) in [6, 6.07) is 0. The Hall–Kier alpha value is -0.370. The predicted molar refractivity (Wildman–Crippen MR) is 59.1 cm³/mol. The van der Waals surface area contributed by atoms with Crippen LogP contribution in [0.4, 0.5) is 0 Å². The Balaban J connectivity index is 2.32. The highest BCUT2D eigenvalue weighted by atomic mass is 32.1. The van der Waals surface area contributed by atoms with E-state index in [1.807, 2.05) is 6.20 Å². The summed E-state index contributed by atoms with van der Waals surface area (Å²) in [5.74, 6) is 1.67. The summed E-state index contributed by atoms with van der Waals surface area (Å²) in [4.78, 5) is 4.30. The molecular formula is C11H19NS. The molecule has 0 radical (unpaired) electrons. The molecule has 0 spiro atoms. The van der Waals surface area contributed by atoms with Gasteiger partial charge in [0.1, 0.15) is 0 Å². The third-order valence-electron chi connectivity index (χ3n) is 2.68. The fourth-order valence-electron chi connectivity index (χ4n) is 1.69. The van der Waals surface area contributed by atoms with Gasteiger partial charge in [0.25, 0.3) is 0 Å². The SMILES string of the molecule is CCC(CCc1nccs1)C(C)C. The minimum Gasteiger partial charge on any atom is -0.250 e. The van der Waals surface area contributed by atoms with Crippen molar-refractivity contribution in [1.29, 1.82) is 0 Å². The summed E-state index contributed by atoms with van der Waals surface area (Å²) in [6.07, 6.45) is 5.65. The quantitative estimate of drug-likeness (QED) is 0.700. The number of aryl methyl sites for hydroxylation is 1. The van der Waals surface area contributed by atoms with Crippen molar-refractivity contribution >= 4 is 11.3 Å². The van der Waals surface area contributed by atoms with Crippen molar-refractivity contribution in [2.75, 3.05) is 0 Å². The maximum Gasteiger partial charge on any atom is 0.0924 e. The lowest BCUT2D eigenvalue weighted by Crippen LogP contribution is -2.08. The highest BCUT2D eigenvalue weighted by Gasteiger charge is 2.11. The molecule has 0 aliphatic heterocycles. The van der Waals surface area contributed by atoms with Gasteiger partial charge in [0, 0.05) is 11.6 Å². The summed E-state index contributed by atoms with van der Waals surface area (Å²) in [5, 5.41) is 3.35. The van der Waals surface area contributed by atoms with Crippen LogP contribution >= 0.6 is 11.3 Å². The number of hydrogen-bond donors (Lipinski definition) is 0. The molecule has 0 fully saturated rings. The molecule has 0 saturated heterocycles. The van der Waals surface area contributed by atoms with E-state index >= 15 is 0 Å². The minimum absolute atomic E-state index is 0.810. The number of aromatic nitrogens is 1.